The number of anilines is 1. The molecule has 0 radical (unpaired) electrons. The molecule has 0 bridgehead atoms. The Balaban J connectivity index is 1.85. The molecule has 3 heterocycles. The molecule has 1 aliphatic rings. The van der Waals surface area contributed by atoms with Crippen molar-refractivity contribution in [3.8, 4) is 0 Å². The molecule has 0 spiro atoms. The zero-order valence-corrected chi connectivity index (χ0v) is 14.6. The Bertz CT molecular complexity index is 691. The van der Waals surface area contributed by atoms with Gasteiger partial charge in [0.15, 0.2) is 17.0 Å². The van der Waals surface area contributed by atoms with Gasteiger partial charge in [0.1, 0.15) is 6.33 Å². The van der Waals surface area contributed by atoms with Crippen molar-refractivity contribution in [2.45, 2.75) is 59.0 Å². The van der Waals surface area contributed by atoms with Crippen molar-refractivity contribution in [1.29, 1.82) is 0 Å². The molecule has 0 amide bonds. The van der Waals surface area contributed by atoms with Crippen molar-refractivity contribution >= 4 is 17.0 Å². The van der Waals surface area contributed by atoms with Crippen LogP contribution in [0.2, 0.25) is 0 Å². The van der Waals surface area contributed by atoms with Crippen molar-refractivity contribution < 1.29 is 5.11 Å². The Hall–Kier alpha value is -1.69. The SMILES string of the molecule is CC1(C)CN(c2ncnc3c2ncn3CCCCCO)C1(C)C. The maximum absolute atomic E-state index is 8.87. The first-order chi connectivity index (χ1) is 10.9. The van der Waals surface area contributed by atoms with Crippen LogP contribution in [-0.4, -0.2) is 43.3 Å². The summed E-state index contributed by atoms with van der Waals surface area (Å²) in [5.74, 6) is 0.938. The van der Waals surface area contributed by atoms with E-state index in [4.69, 9.17) is 5.11 Å². The number of aliphatic hydroxyl groups excluding tert-OH is 1. The van der Waals surface area contributed by atoms with E-state index in [-0.39, 0.29) is 17.6 Å². The van der Waals surface area contributed by atoms with E-state index in [9.17, 15) is 0 Å². The van der Waals surface area contributed by atoms with Crippen LogP contribution in [0.3, 0.4) is 0 Å². The predicted octanol–water partition coefficient (Wildman–Crippen LogP) is 2.61. The highest BCUT2D eigenvalue weighted by Gasteiger charge is 2.53. The number of fused-ring (bicyclic) bond motifs is 1. The third-order valence-electron chi connectivity index (χ3n) is 5.58. The van der Waals surface area contributed by atoms with Gasteiger partial charge in [-0.3, -0.25) is 0 Å². The number of aryl methyl sites for hydroxylation is 1. The Kier molecular flexibility index (Phi) is 4.04. The molecule has 23 heavy (non-hydrogen) atoms. The summed E-state index contributed by atoms with van der Waals surface area (Å²) in [5.41, 5.74) is 2.11. The number of hydrogen-bond donors (Lipinski definition) is 1. The van der Waals surface area contributed by atoms with Gasteiger partial charge in [-0.1, -0.05) is 13.8 Å². The highest BCUT2D eigenvalue weighted by Crippen LogP contribution is 2.49. The molecule has 0 atom stereocenters. The van der Waals surface area contributed by atoms with Crippen LogP contribution in [0.1, 0.15) is 47.0 Å². The van der Waals surface area contributed by atoms with Crippen LogP contribution in [0.15, 0.2) is 12.7 Å². The molecule has 3 rings (SSSR count). The minimum atomic E-state index is 0.0548. The van der Waals surface area contributed by atoms with Gasteiger partial charge in [-0.2, -0.15) is 0 Å². The zero-order valence-electron chi connectivity index (χ0n) is 14.6. The van der Waals surface area contributed by atoms with Crippen molar-refractivity contribution in [2.24, 2.45) is 5.41 Å². The van der Waals surface area contributed by atoms with Crippen LogP contribution in [0, 0.1) is 5.41 Å². The second kappa shape index (κ2) is 5.74. The lowest BCUT2D eigenvalue weighted by molar-refractivity contribution is 0.0970. The highest BCUT2D eigenvalue weighted by atomic mass is 16.2. The van der Waals surface area contributed by atoms with Crippen LogP contribution in [-0.2, 0) is 6.54 Å². The van der Waals surface area contributed by atoms with Gasteiger partial charge in [-0.05, 0) is 33.1 Å². The summed E-state index contributed by atoms with van der Waals surface area (Å²) in [6, 6.07) is 0. The van der Waals surface area contributed by atoms with E-state index in [1.54, 1.807) is 6.33 Å². The van der Waals surface area contributed by atoms with Crippen molar-refractivity contribution in [2.75, 3.05) is 18.1 Å². The molecule has 0 aromatic carbocycles. The molecule has 2 aromatic rings. The van der Waals surface area contributed by atoms with Crippen LogP contribution in [0.5, 0.6) is 0 Å². The van der Waals surface area contributed by atoms with Crippen molar-refractivity contribution in [1.82, 2.24) is 19.5 Å². The van der Waals surface area contributed by atoms with Gasteiger partial charge in [0.2, 0.25) is 0 Å². The van der Waals surface area contributed by atoms with Gasteiger partial charge >= 0.3 is 0 Å². The van der Waals surface area contributed by atoms with E-state index in [2.05, 4.69) is 52.1 Å². The first-order valence-corrected chi connectivity index (χ1v) is 8.43. The summed E-state index contributed by atoms with van der Waals surface area (Å²) in [7, 11) is 0. The zero-order chi connectivity index (χ0) is 16.7. The van der Waals surface area contributed by atoms with E-state index < -0.39 is 0 Å². The standard InChI is InChI=1S/C17H27N5O/c1-16(2)10-22(17(16,3)4)15-13-14(18-11-19-15)21(12-20-13)8-6-5-7-9-23/h11-12,23H,5-10H2,1-4H3. The molecule has 0 saturated carbocycles. The lowest BCUT2D eigenvalue weighted by Gasteiger charge is -2.61. The van der Waals surface area contributed by atoms with E-state index in [0.717, 1.165) is 49.3 Å². The normalized spacial score (nSPS) is 19.1. The fourth-order valence-corrected chi connectivity index (χ4v) is 3.20. The molecule has 1 N–H and O–H groups in total. The fourth-order valence-electron chi connectivity index (χ4n) is 3.20. The summed E-state index contributed by atoms with van der Waals surface area (Å²) >= 11 is 0. The molecule has 1 fully saturated rings. The van der Waals surface area contributed by atoms with Crippen LogP contribution >= 0.6 is 0 Å². The number of rotatable bonds is 6. The first kappa shape index (κ1) is 16.2. The molecular weight excluding hydrogens is 290 g/mol. The molecule has 2 aromatic heterocycles. The Morgan fingerprint density at radius 2 is 1.87 bits per heavy atom. The minimum Gasteiger partial charge on any atom is -0.396 e. The average Bonchev–Trinajstić information content (AvgIpc) is 2.93. The van der Waals surface area contributed by atoms with Gasteiger partial charge in [-0.15, -0.1) is 0 Å². The number of aromatic nitrogens is 4. The van der Waals surface area contributed by atoms with E-state index >= 15 is 0 Å². The molecule has 6 heteroatoms. The maximum atomic E-state index is 8.87. The quantitative estimate of drug-likeness (QED) is 0.830. The second-order valence-corrected chi connectivity index (χ2v) is 7.62. The molecule has 126 valence electrons. The minimum absolute atomic E-state index is 0.0548. The molecular formula is C17H27N5O. The molecule has 1 aliphatic heterocycles. The van der Waals surface area contributed by atoms with Gasteiger partial charge in [0.05, 0.1) is 6.33 Å². The summed E-state index contributed by atoms with van der Waals surface area (Å²) < 4.78 is 2.09. The van der Waals surface area contributed by atoms with Crippen LogP contribution in [0.4, 0.5) is 5.82 Å². The highest BCUT2D eigenvalue weighted by molar-refractivity contribution is 5.84. The lowest BCUT2D eigenvalue weighted by Crippen LogP contribution is -2.69. The molecule has 6 nitrogen and oxygen atoms in total. The number of unbranched alkanes of at least 4 members (excludes halogenated alkanes) is 2. The average molecular weight is 317 g/mol. The van der Waals surface area contributed by atoms with E-state index in [1.165, 1.54) is 0 Å². The second-order valence-electron chi connectivity index (χ2n) is 7.62. The summed E-state index contributed by atoms with van der Waals surface area (Å²) in [4.78, 5) is 15.9. The summed E-state index contributed by atoms with van der Waals surface area (Å²) in [6.07, 6.45) is 6.39. The Morgan fingerprint density at radius 1 is 1.09 bits per heavy atom. The number of hydrogen-bond acceptors (Lipinski definition) is 5. The molecule has 1 saturated heterocycles. The first-order valence-electron chi connectivity index (χ1n) is 8.43. The largest absolute Gasteiger partial charge is 0.396 e. The summed E-state index contributed by atoms with van der Waals surface area (Å²) in [5, 5.41) is 8.87. The lowest BCUT2D eigenvalue weighted by atomic mass is 9.65. The Labute approximate surface area is 137 Å². The maximum Gasteiger partial charge on any atom is 0.165 e. The molecule has 0 aliphatic carbocycles. The van der Waals surface area contributed by atoms with Crippen molar-refractivity contribution in [3.63, 3.8) is 0 Å². The number of imidazole rings is 1. The summed E-state index contributed by atoms with van der Waals surface area (Å²) in [6.45, 7) is 11.2. The van der Waals surface area contributed by atoms with E-state index in [0.29, 0.717) is 0 Å². The third kappa shape index (κ3) is 2.59. The predicted molar refractivity (Wildman–Crippen MR) is 91.5 cm³/mol. The third-order valence-corrected chi connectivity index (χ3v) is 5.58. The fraction of sp³-hybridized carbons (Fsp3) is 0.706. The smallest absolute Gasteiger partial charge is 0.165 e. The monoisotopic (exact) mass is 317 g/mol. The van der Waals surface area contributed by atoms with Gasteiger partial charge in [0.25, 0.3) is 0 Å². The number of aliphatic hydroxyl groups is 1. The topological polar surface area (TPSA) is 67.1 Å². The Morgan fingerprint density at radius 3 is 2.52 bits per heavy atom. The van der Waals surface area contributed by atoms with Gasteiger partial charge < -0.3 is 14.6 Å². The van der Waals surface area contributed by atoms with Crippen molar-refractivity contribution in [3.05, 3.63) is 12.7 Å². The number of nitrogens with zero attached hydrogens (tertiary/aromatic N) is 5. The van der Waals surface area contributed by atoms with Crippen LogP contribution < -0.4 is 4.90 Å². The van der Waals surface area contributed by atoms with Gasteiger partial charge in [0, 0.05) is 30.7 Å². The molecule has 0 unspecified atom stereocenters. The van der Waals surface area contributed by atoms with Crippen LogP contribution in [0.25, 0.3) is 11.2 Å². The van der Waals surface area contributed by atoms with Gasteiger partial charge in [-0.25, -0.2) is 15.0 Å². The van der Waals surface area contributed by atoms with E-state index in [1.807, 2.05) is 6.33 Å².